The molecule has 2 rings (SSSR count). The van der Waals surface area contributed by atoms with E-state index in [4.69, 9.17) is 16.7 Å². The average Bonchev–Trinajstić information content (AvgIpc) is 2.61. The van der Waals surface area contributed by atoms with Crippen molar-refractivity contribution in [2.24, 2.45) is 0 Å². The van der Waals surface area contributed by atoms with Gasteiger partial charge >= 0.3 is 5.97 Å². The Morgan fingerprint density at radius 1 is 1.12 bits per heavy atom. The zero-order valence-corrected chi connectivity index (χ0v) is 15.4. The maximum absolute atomic E-state index is 12.1. The Kier molecular flexibility index (Phi) is 7.42. The molecule has 0 saturated heterocycles. The number of unbranched alkanes of at least 4 members (excludes halogenated alkanes) is 2. The highest BCUT2D eigenvalue weighted by Crippen LogP contribution is 2.21. The first-order valence-corrected chi connectivity index (χ1v) is 8.98. The van der Waals surface area contributed by atoms with Gasteiger partial charge in [0.25, 0.3) is 0 Å². The number of carboxylic acid groups (broad SMARTS) is 1. The molecule has 2 aromatic rings. The van der Waals surface area contributed by atoms with Crippen LogP contribution in [0.1, 0.15) is 47.7 Å². The Bertz CT molecular complexity index is 797. The lowest BCUT2D eigenvalue weighted by atomic mass is 10.1. The number of hydrogen-bond donors (Lipinski definition) is 2. The van der Waals surface area contributed by atoms with Crippen LogP contribution in [0.3, 0.4) is 0 Å². The van der Waals surface area contributed by atoms with Crippen LogP contribution in [0.15, 0.2) is 48.5 Å². The molecule has 0 aliphatic rings. The van der Waals surface area contributed by atoms with Crippen LogP contribution in [-0.4, -0.2) is 17.0 Å². The number of anilines is 1. The zero-order chi connectivity index (χ0) is 18.9. The monoisotopic (exact) mass is 371 g/mol. The summed E-state index contributed by atoms with van der Waals surface area (Å²) in [6.45, 7) is 2.18. The molecule has 0 fully saturated rings. The number of benzene rings is 2. The second-order valence-corrected chi connectivity index (χ2v) is 6.45. The highest BCUT2D eigenvalue weighted by atomic mass is 35.5. The number of rotatable bonds is 8. The fourth-order valence-electron chi connectivity index (χ4n) is 2.53. The fraction of sp³-hybridized carbons (Fsp3) is 0.238. The molecule has 0 heterocycles. The second kappa shape index (κ2) is 9.78. The summed E-state index contributed by atoms with van der Waals surface area (Å²) >= 11 is 5.88. The molecule has 0 aliphatic carbocycles. The van der Waals surface area contributed by atoms with E-state index in [-0.39, 0.29) is 11.3 Å². The maximum atomic E-state index is 12.1. The number of aromatic carboxylic acids is 1. The molecule has 0 aliphatic heterocycles. The summed E-state index contributed by atoms with van der Waals surface area (Å²) in [5.41, 5.74) is 2.35. The number of carboxylic acids is 1. The largest absolute Gasteiger partial charge is 0.478 e. The van der Waals surface area contributed by atoms with Crippen molar-refractivity contribution >= 4 is 35.2 Å². The van der Waals surface area contributed by atoms with E-state index in [1.54, 1.807) is 6.08 Å². The molecule has 136 valence electrons. The van der Waals surface area contributed by atoms with E-state index in [2.05, 4.69) is 24.4 Å². The Labute approximate surface area is 158 Å². The Morgan fingerprint density at radius 3 is 2.50 bits per heavy atom. The van der Waals surface area contributed by atoms with E-state index in [0.717, 1.165) is 12.0 Å². The smallest absolute Gasteiger partial charge is 0.337 e. The first-order chi connectivity index (χ1) is 12.5. The zero-order valence-electron chi connectivity index (χ0n) is 14.7. The SMILES string of the molecule is CCCCCc1ccc(/C=C\C(=O)Nc2cc(Cl)ccc2C(=O)O)cc1. The minimum absolute atomic E-state index is 0.00687. The summed E-state index contributed by atoms with van der Waals surface area (Å²) in [7, 11) is 0. The summed E-state index contributed by atoms with van der Waals surface area (Å²) < 4.78 is 0. The summed E-state index contributed by atoms with van der Waals surface area (Å²) in [6.07, 6.45) is 7.73. The molecule has 26 heavy (non-hydrogen) atoms. The van der Waals surface area contributed by atoms with Crippen LogP contribution in [0.25, 0.3) is 6.08 Å². The van der Waals surface area contributed by atoms with Crippen molar-refractivity contribution in [3.63, 3.8) is 0 Å². The van der Waals surface area contributed by atoms with E-state index in [0.29, 0.717) is 5.02 Å². The van der Waals surface area contributed by atoms with Gasteiger partial charge in [-0.2, -0.15) is 0 Å². The molecule has 0 aromatic heterocycles. The molecular formula is C21H22ClNO3. The van der Waals surface area contributed by atoms with Crippen LogP contribution in [-0.2, 0) is 11.2 Å². The number of halogens is 1. The third kappa shape index (κ3) is 6.05. The van der Waals surface area contributed by atoms with Gasteiger partial charge in [0.1, 0.15) is 0 Å². The molecule has 4 nitrogen and oxygen atoms in total. The van der Waals surface area contributed by atoms with Crippen LogP contribution in [0, 0.1) is 0 Å². The standard InChI is InChI=1S/C21H22ClNO3/c1-2-3-4-5-15-6-8-16(9-7-15)10-13-20(24)23-19-14-17(22)11-12-18(19)21(25)26/h6-14H,2-5H2,1H3,(H,23,24)(H,25,26)/b13-10-. The third-order valence-electron chi connectivity index (χ3n) is 3.95. The Balaban J connectivity index is 1.99. The minimum atomic E-state index is -1.13. The van der Waals surface area contributed by atoms with Crippen molar-refractivity contribution in [2.45, 2.75) is 32.6 Å². The molecule has 0 radical (unpaired) electrons. The molecule has 5 heteroatoms. The molecule has 0 saturated carbocycles. The molecule has 0 unspecified atom stereocenters. The molecule has 2 aromatic carbocycles. The average molecular weight is 372 g/mol. The fourth-order valence-corrected chi connectivity index (χ4v) is 2.70. The van der Waals surface area contributed by atoms with Crippen molar-refractivity contribution in [3.05, 3.63) is 70.3 Å². The predicted octanol–water partition coefficient (Wildman–Crippen LogP) is 5.42. The minimum Gasteiger partial charge on any atom is -0.478 e. The maximum Gasteiger partial charge on any atom is 0.337 e. The van der Waals surface area contributed by atoms with E-state index in [9.17, 15) is 9.59 Å². The molecular weight excluding hydrogens is 350 g/mol. The van der Waals surface area contributed by atoms with Gasteiger partial charge in [-0.15, -0.1) is 0 Å². The van der Waals surface area contributed by atoms with Gasteiger partial charge in [-0.05, 0) is 48.2 Å². The quantitative estimate of drug-likeness (QED) is 0.480. The van der Waals surface area contributed by atoms with Crippen molar-refractivity contribution in [1.29, 1.82) is 0 Å². The number of nitrogens with one attached hydrogen (secondary N) is 1. The Morgan fingerprint density at radius 2 is 1.85 bits per heavy atom. The van der Waals surface area contributed by atoms with Crippen molar-refractivity contribution in [3.8, 4) is 0 Å². The van der Waals surface area contributed by atoms with Gasteiger partial charge in [0.05, 0.1) is 11.3 Å². The van der Waals surface area contributed by atoms with Gasteiger partial charge in [-0.3, -0.25) is 4.79 Å². The lowest BCUT2D eigenvalue weighted by molar-refractivity contribution is -0.111. The summed E-state index contributed by atoms with van der Waals surface area (Å²) in [5, 5.41) is 12.1. The van der Waals surface area contributed by atoms with Crippen LogP contribution in [0.4, 0.5) is 5.69 Å². The van der Waals surface area contributed by atoms with Gasteiger partial charge in [0.2, 0.25) is 5.91 Å². The van der Waals surface area contributed by atoms with Crippen molar-refractivity contribution in [1.82, 2.24) is 0 Å². The third-order valence-corrected chi connectivity index (χ3v) is 4.18. The van der Waals surface area contributed by atoms with Gasteiger partial charge in [0.15, 0.2) is 0 Å². The van der Waals surface area contributed by atoms with Crippen molar-refractivity contribution < 1.29 is 14.7 Å². The highest BCUT2D eigenvalue weighted by Gasteiger charge is 2.11. The van der Waals surface area contributed by atoms with Crippen LogP contribution >= 0.6 is 11.6 Å². The summed E-state index contributed by atoms with van der Waals surface area (Å²) in [5.74, 6) is -1.54. The van der Waals surface area contributed by atoms with Gasteiger partial charge in [-0.1, -0.05) is 55.6 Å². The topological polar surface area (TPSA) is 66.4 Å². The van der Waals surface area contributed by atoms with E-state index in [1.165, 1.54) is 49.1 Å². The molecule has 0 atom stereocenters. The second-order valence-electron chi connectivity index (χ2n) is 6.02. The molecule has 1 amide bonds. The first kappa shape index (κ1) is 19.7. The summed E-state index contributed by atoms with van der Waals surface area (Å²) in [6, 6.07) is 12.3. The molecule has 2 N–H and O–H groups in total. The predicted molar refractivity (Wildman–Crippen MR) is 106 cm³/mol. The summed E-state index contributed by atoms with van der Waals surface area (Å²) in [4.78, 5) is 23.3. The number of carbonyl (C=O) groups is 2. The van der Waals surface area contributed by atoms with Gasteiger partial charge < -0.3 is 10.4 Å². The van der Waals surface area contributed by atoms with Crippen molar-refractivity contribution in [2.75, 3.05) is 5.32 Å². The molecule has 0 bridgehead atoms. The van der Waals surface area contributed by atoms with Gasteiger partial charge in [-0.25, -0.2) is 4.79 Å². The van der Waals surface area contributed by atoms with Gasteiger partial charge in [0, 0.05) is 11.1 Å². The van der Waals surface area contributed by atoms with Crippen LogP contribution in [0.2, 0.25) is 5.02 Å². The number of hydrogen-bond acceptors (Lipinski definition) is 2. The highest BCUT2D eigenvalue weighted by molar-refractivity contribution is 6.31. The van der Waals surface area contributed by atoms with E-state index < -0.39 is 11.9 Å². The Hall–Kier alpha value is -2.59. The van der Waals surface area contributed by atoms with Crippen LogP contribution < -0.4 is 5.32 Å². The number of aryl methyl sites for hydroxylation is 1. The lowest BCUT2D eigenvalue weighted by Gasteiger charge is -2.07. The number of amides is 1. The van der Waals surface area contributed by atoms with E-state index in [1.807, 2.05) is 12.1 Å². The lowest BCUT2D eigenvalue weighted by Crippen LogP contribution is -2.12. The van der Waals surface area contributed by atoms with E-state index >= 15 is 0 Å². The van der Waals surface area contributed by atoms with Crippen LogP contribution in [0.5, 0.6) is 0 Å². The number of carbonyl (C=O) groups excluding carboxylic acids is 1. The molecule has 0 spiro atoms. The normalized spacial score (nSPS) is 10.8. The first-order valence-electron chi connectivity index (χ1n) is 8.60.